The van der Waals surface area contributed by atoms with Gasteiger partial charge >= 0.3 is 0 Å². The SMILES string of the molecule is COc1cccc(OC(C)C(=O)Nc2ccccc2C(N)=O)c1. The summed E-state index contributed by atoms with van der Waals surface area (Å²) in [5, 5.41) is 2.64. The molecule has 0 heterocycles. The molecule has 1 unspecified atom stereocenters. The maximum Gasteiger partial charge on any atom is 0.265 e. The number of ether oxygens (including phenoxy) is 2. The first-order valence-electron chi connectivity index (χ1n) is 7.01. The van der Waals surface area contributed by atoms with Crippen molar-refractivity contribution in [3.63, 3.8) is 0 Å². The fourth-order valence-electron chi connectivity index (χ4n) is 1.97. The minimum atomic E-state index is -0.761. The van der Waals surface area contributed by atoms with E-state index in [9.17, 15) is 9.59 Å². The summed E-state index contributed by atoms with van der Waals surface area (Å²) in [6.45, 7) is 1.61. The molecule has 0 fully saturated rings. The molecule has 0 spiro atoms. The lowest BCUT2D eigenvalue weighted by molar-refractivity contribution is -0.122. The number of nitrogens with two attached hydrogens (primary N) is 1. The lowest BCUT2D eigenvalue weighted by Crippen LogP contribution is -2.31. The van der Waals surface area contributed by atoms with Crippen molar-refractivity contribution in [1.29, 1.82) is 0 Å². The van der Waals surface area contributed by atoms with Gasteiger partial charge in [0.15, 0.2) is 6.10 Å². The van der Waals surface area contributed by atoms with Crippen LogP contribution in [0.4, 0.5) is 5.69 Å². The molecule has 0 bridgehead atoms. The molecule has 120 valence electrons. The van der Waals surface area contributed by atoms with Crippen molar-refractivity contribution in [3.8, 4) is 11.5 Å². The molecule has 2 rings (SSSR count). The van der Waals surface area contributed by atoms with Crippen molar-refractivity contribution >= 4 is 17.5 Å². The smallest absolute Gasteiger partial charge is 0.265 e. The molecule has 23 heavy (non-hydrogen) atoms. The van der Waals surface area contributed by atoms with Crippen LogP contribution in [0.2, 0.25) is 0 Å². The summed E-state index contributed by atoms with van der Waals surface area (Å²) >= 11 is 0. The summed E-state index contributed by atoms with van der Waals surface area (Å²) in [5.41, 5.74) is 5.88. The minimum absolute atomic E-state index is 0.245. The fraction of sp³-hybridized carbons (Fsp3) is 0.176. The van der Waals surface area contributed by atoms with E-state index >= 15 is 0 Å². The molecule has 2 aromatic rings. The molecule has 1 atom stereocenters. The number of primary amides is 1. The Hall–Kier alpha value is -3.02. The van der Waals surface area contributed by atoms with Gasteiger partial charge in [-0.3, -0.25) is 9.59 Å². The van der Waals surface area contributed by atoms with Crippen molar-refractivity contribution in [2.45, 2.75) is 13.0 Å². The molecule has 0 aliphatic heterocycles. The third kappa shape index (κ3) is 4.23. The molecular formula is C17H18N2O4. The van der Waals surface area contributed by atoms with E-state index in [1.165, 1.54) is 0 Å². The predicted molar refractivity (Wildman–Crippen MR) is 86.7 cm³/mol. The van der Waals surface area contributed by atoms with Crippen LogP contribution in [0.1, 0.15) is 17.3 Å². The van der Waals surface area contributed by atoms with E-state index in [-0.39, 0.29) is 11.5 Å². The summed E-state index contributed by atoms with van der Waals surface area (Å²) < 4.78 is 10.7. The maximum absolute atomic E-state index is 12.2. The van der Waals surface area contributed by atoms with Crippen LogP contribution < -0.4 is 20.5 Å². The summed E-state index contributed by atoms with van der Waals surface area (Å²) in [7, 11) is 1.55. The summed E-state index contributed by atoms with van der Waals surface area (Å²) in [5.74, 6) is 0.146. The first kappa shape index (κ1) is 16.4. The van der Waals surface area contributed by atoms with E-state index in [0.717, 1.165) is 0 Å². The molecular weight excluding hydrogens is 296 g/mol. The van der Waals surface area contributed by atoms with Crippen LogP contribution in [0.5, 0.6) is 11.5 Å². The molecule has 0 aromatic heterocycles. The minimum Gasteiger partial charge on any atom is -0.497 e. The van der Waals surface area contributed by atoms with Gasteiger partial charge in [0.25, 0.3) is 11.8 Å². The normalized spacial score (nSPS) is 11.4. The zero-order chi connectivity index (χ0) is 16.8. The van der Waals surface area contributed by atoms with Crippen molar-refractivity contribution in [1.82, 2.24) is 0 Å². The zero-order valence-corrected chi connectivity index (χ0v) is 12.9. The number of anilines is 1. The number of methoxy groups -OCH3 is 1. The standard InChI is InChI=1S/C17H18N2O4/c1-11(23-13-7-5-6-12(10-13)22-2)17(21)19-15-9-4-3-8-14(15)16(18)20/h3-11H,1-2H3,(H2,18,20)(H,19,21). The highest BCUT2D eigenvalue weighted by atomic mass is 16.5. The quantitative estimate of drug-likeness (QED) is 0.855. The monoisotopic (exact) mass is 314 g/mol. The summed E-state index contributed by atoms with van der Waals surface area (Å²) in [6, 6.07) is 13.5. The maximum atomic E-state index is 12.2. The summed E-state index contributed by atoms with van der Waals surface area (Å²) in [6.07, 6.45) is -0.761. The third-order valence-electron chi connectivity index (χ3n) is 3.17. The highest BCUT2D eigenvalue weighted by Gasteiger charge is 2.17. The number of rotatable bonds is 6. The number of carbonyl (C=O) groups is 2. The van der Waals surface area contributed by atoms with Gasteiger partial charge in [-0.25, -0.2) is 0 Å². The highest BCUT2D eigenvalue weighted by molar-refractivity contribution is 6.03. The van der Waals surface area contributed by atoms with Gasteiger partial charge in [-0.2, -0.15) is 0 Å². The van der Waals surface area contributed by atoms with Crippen LogP contribution >= 0.6 is 0 Å². The van der Waals surface area contributed by atoms with Gasteiger partial charge in [0.2, 0.25) is 0 Å². The molecule has 0 saturated heterocycles. The van der Waals surface area contributed by atoms with E-state index in [1.807, 2.05) is 0 Å². The van der Waals surface area contributed by atoms with Crippen LogP contribution in [0, 0.1) is 0 Å². The van der Waals surface area contributed by atoms with E-state index in [0.29, 0.717) is 17.2 Å². The van der Waals surface area contributed by atoms with Crippen molar-refractivity contribution in [2.75, 3.05) is 12.4 Å². The van der Waals surface area contributed by atoms with Gasteiger partial charge < -0.3 is 20.5 Å². The Balaban J connectivity index is 2.07. The lowest BCUT2D eigenvalue weighted by Gasteiger charge is -2.16. The van der Waals surface area contributed by atoms with Crippen molar-refractivity contribution in [3.05, 3.63) is 54.1 Å². The van der Waals surface area contributed by atoms with Gasteiger partial charge in [-0.05, 0) is 31.2 Å². The molecule has 0 radical (unpaired) electrons. The Morgan fingerprint density at radius 2 is 1.78 bits per heavy atom. The molecule has 0 aliphatic carbocycles. The van der Waals surface area contributed by atoms with E-state index in [1.54, 1.807) is 62.6 Å². The van der Waals surface area contributed by atoms with Crippen molar-refractivity contribution < 1.29 is 19.1 Å². The molecule has 6 heteroatoms. The number of hydrogen-bond donors (Lipinski definition) is 2. The van der Waals surface area contributed by atoms with Gasteiger partial charge in [0.05, 0.1) is 18.4 Å². The first-order valence-corrected chi connectivity index (χ1v) is 7.01. The number of amides is 2. The molecule has 3 N–H and O–H groups in total. The van der Waals surface area contributed by atoms with Gasteiger partial charge in [0, 0.05) is 6.07 Å². The second-order valence-corrected chi connectivity index (χ2v) is 4.84. The number of nitrogens with one attached hydrogen (secondary N) is 1. The number of carbonyl (C=O) groups excluding carboxylic acids is 2. The molecule has 0 aliphatic rings. The van der Waals surface area contributed by atoms with E-state index in [2.05, 4.69) is 5.32 Å². The average molecular weight is 314 g/mol. The number of para-hydroxylation sites is 1. The van der Waals surface area contributed by atoms with Crippen molar-refractivity contribution in [2.24, 2.45) is 5.73 Å². The number of hydrogen-bond acceptors (Lipinski definition) is 4. The van der Waals surface area contributed by atoms with E-state index < -0.39 is 12.0 Å². The van der Waals surface area contributed by atoms with E-state index in [4.69, 9.17) is 15.2 Å². The highest BCUT2D eigenvalue weighted by Crippen LogP contribution is 2.21. The largest absolute Gasteiger partial charge is 0.497 e. The average Bonchev–Trinajstić information content (AvgIpc) is 2.55. The van der Waals surface area contributed by atoms with Crippen LogP contribution in [0.15, 0.2) is 48.5 Å². The van der Waals surface area contributed by atoms with Crippen LogP contribution in [-0.4, -0.2) is 25.0 Å². The van der Waals surface area contributed by atoms with Crippen LogP contribution in [0.3, 0.4) is 0 Å². The number of benzene rings is 2. The van der Waals surface area contributed by atoms with Gasteiger partial charge in [-0.15, -0.1) is 0 Å². The zero-order valence-electron chi connectivity index (χ0n) is 12.9. The second-order valence-electron chi connectivity index (χ2n) is 4.84. The molecule has 2 aromatic carbocycles. The predicted octanol–water partition coefficient (Wildman–Crippen LogP) is 2.20. The Labute approximate surface area is 134 Å². The first-order chi connectivity index (χ1) is 11.0. The molecule has 2 amide bonds. The Kier molecular flexibility index (Phi) is 5.19. The Morgan fingerprint density at radius 1 is 1.09 bits per heavy atom. The van der Waals surface area contributed by atoms with Crippen LogP contribution in [-0.2, 0) is 4.79 Å². The fourth-order valence-corrected chi connectivity index (χ4v) is 1.97. The van der Waals surface area contributed by atoms with Gasteiger partial charge in [-0.1, -0.05) is 18.2 Å². The summed E-state index contributed by atoms with van der Waals surface area (Å²) in [4.78, 5) is 23.6. The lowest BCUT2D eigenvalue weighted by atomic mass is 10.1. The van der Waals surface area contributed by atoms with Crippen LogP contribution in [0.25, 0.3) is 0 Å². The molecule has 0 saturated carbocycles. The molecule has 6 nitrogen and oxygen atoms in total. The topological polar surface area (TPSA) is 90.7 Å². The second kappa shape index (κ2) is 7.31. The Bertz CT molecular complexity index is 715. The Morgan fingerprint density at radius 3 is 2.48 bits per heavy atom. The third-order valence-corrected chi connectivity index (χ3v) is 3.17. The van der Waals surface area contributed by atoms with Gasteiger partial charge in [0.1, 0.15) is 11.5 Å².